The Labute approximate surface area is 451 Å². The van der Waals surface area contributed by atoms with Crippen molar-refractivity contribution in [1.82, 2.24) is 4.57 Å². The summed E-state index contributed by atoms with van der Waals surface area (Å²) >= 11 is 0. The second kappa shape index (κ2) is 16.3. The van der Waals surface area contributed by atoms with Crippen LogP contribution in [0.15, 0.2) is 0 Å². The summed E-state index contributed by atoms with van der Waals surface area (Å²) in [6, 6.07) is 0. The predicted molar refractivity (Wildman–Crippen MR) is 326 cm³/mol. The van der Waals surface area contributed by atoms with E-state index >= 15 is 0 Å². The maximum atomic E-state index is 7.49. The van der Waals surface area contributed by atoms with E-state index < -0.39 is 12.6 Å². The molecule has 0 N–H and O–H groups in total. The van der Waals surface area contributed by atoms with Gasteiger partial charge in [-0.2, -0.15) is 0 Å². The molecule has 0 saturated heterocycles. The minimum Gasteiger partial charge on any atom is -0.460 e. The van der Waals surface area contributed by atoms with Gasteiger partial charge in [-0.25, -0.2) is 0 Å². The lowest BCUT2D eigenvalue weighted by Gasteiger charge is -2.41. The molecule has 0 saturated carbocycles. The Hall–Kier alpha value is -4.37. The SMILES string of the molecule is [B]c1c([B])c([B])c2c(c1[B])Oc1c([B])c(C3c4c([B])c([B])c([B])c([B])c4-c4c([B])c([B])c([B])c(-n5c6c([B])c([B])c([B])c([B])c6c6c([B])c([B])c([B])c([B])c65)c43)c([B])c3c1B2c1c([B])c([B])c([B])c([B])c1O3. The van der Waals surface area contributed by atoms with E-state index in [0.29, 0.717) is 0 Å². The number of nitrogens with zero attached hydrogens (tertiary/aromatic N) is 1. The van der Waals surface area contributed by atoms with Gasteiger partial charge in [0.2, 0.25) is 0 Å². The highest BCUT2D eigenvalue weighted by Gasteiger charge is 2.48. The van der Waals surface area contributed by atoms with Gasteiger partial charge in [0, 0.05) is 28.1 Å². The number of fused-ring (bicyclic) bond motifs is 10. The summed E-state index contributed by atoms with van der Waals surface area (Å²) in [5.41, 5.74) is -1.11. The first kappa shape index (κ1) is 49.8. The number of rotatable bonds is 2. The maximum absolute atomic E-state index is 7.49. The van der Waals surface area contributed by atoms with Gasteiger partial charge in [-0.05, 0) is 49.5 Å². The van der Waals surface area contributed by atoms with Crippen LogP contribution >= 0.6 is 0 Å². The Morgan fingerprint density at radius 2 is 0.583 bits per heavy atom. The lowest BCUT2D eigenvalue weighted by Crippen LogP contribution is -2.73. The lowest BCUT2D eigenvalue weighted by atomic mass is 9.30. The molecular weight excluding hydrogens is 844 g/mol. The molecule has 3 nitrogen and oxygen atoms in total. The van der Waals surface area contributed by atoms with Crippen LogP contribution < -0.4 is 162 Å². The Morgan fingerprint density at radius 1 is 0.264 bits per heavy atom. The first-order valence-corrected chi connectivity index (χ1v) is 21.4. The number of ether oxygens (including phenoxy) is 2. The van der Waals surface area contributed by atoms with Gasteiger partial charge >= 0.3 is 0 Å². The zero-order valence-electron chi connectivity index (χ0n) is 37.9. The second-order valence-electron chi connectivity index (χ2n) is 18.1. The molecule has 72 heavy (non-hydrogen) atoms. The van der Waals surface area contributed by atoms with Crippen LogP contribution in [0.5, 0.6) is 23.0 Å². The third-order valence-corrected chi connectivity index (χ3v) is 14.8. The van der Waals surface area contributed by atoms with Crippen molar-refractivity contribution in [3.8, 4) is 39.8 Å². The molecule has 0 amide bonds. The molecule has 3 heterocycles. The number of hydrogen-bond donors (Lipinski definition) is 0. The topological polar surface area (TPSA) is 23.4 Å². The summed E-state index contributed by atoms with van der Waals surface area (Å²) in [6.07, 6.45) is 0. The molecule has 3 aliphatic rings. The minimum absolute atomic E-state index is 0.000452. The van der Waals surface area contributed by atoms with Crippen LogP contribution in [0.4, 0.5) is 0 Å². The van der Waals surface area contributed by atoms with Crippen LogP contribution in [0.25, 0.3) is 38.6 Å². The Kier molecular flexibility index (Phi) is 11.3. The molecule has 1 unspecified atom stereocenters. The quantitative estimate of drug-likeness (QED) is 0.162. The highest BCUT2D eigenvalue weighted by Crippen LogP contribution is 2.48. The Bertz CT molecular complexity index is 3840. The molecule has 7 aromatic carbocycles. The second-order valence-corrected chi connectivity index (χ2v) is 18.1. The van der Waals surface area contributed by atoms with E-state index in [0.717, 1.165) is 0 Å². The first-order valence-electron chi connectivity index (χ1n) is 21.4. The molecule has 11 rings (SSSR count). The maximum Gasteiger partial charge on any atom is 0.258 e. The van der Waals surface area contributed by atoms with Gasteiger partial charge in [0.15, 0.2) is 0 Å². The van der Waals surface area contributed by atoms with Gasteiger partial charge in [-0.1, -0.05) is 65.6 Å². The van der Waals surface area contributed by atoms with Crippen LogP contribution in [0.1, 0.15) is 22.6 Å². The monoisotopic (exact) mass is 849 g/mol. The standard InChI is InChI=1S/C43HB26NO2/c44-9-2-1(6-14(49)40-36-41(15(6)50)72-43-33(68)26(61)22(57)28(63)35(43)69(36)34-27(62)21(56)25(60)32(67)42(34)71-40)5-4(3(2)10(45)17(52)16(9)51)11(46)20(55)29(64)37(5)70-38-7(12(47)18(53)23(58)30(38)65)8-13(48)19(54)24(59)31(66)39(8)70/h1H. The number of aromatic nitrogens is 1. The van der Waals surface area contributed by atoms with Gasteiger partial charge in [0.05, 0.1) is 0 Å². The van der Waals surface area contributed by atoms with Gasteiger partial charge in [0.1, 0.15) is 219 Å². The van der Waals surface area contributed by atoms with Crippen molar-refractivity contribution in [2.75, 3.05) is 0 Å². The largest absolute Gasteiger partial charge is 0.460 e. The van der Waals surface area contributed by atoms with E-state index in [1.807, 2.05) is 0 Å². The van der Waals surface area contributed by atoms with Gasteiger partial charge in [-0.15, -0.1) is 71.0 Å². The summed E-state index contributed by atoms with van der Waals surface area (Å²) in [7, 11) is 170. The average molecular weight is 845 g/mol. The molecule has 1 atom stereocenters. The van der Waals surface area contributed by atoms with E-state index in [4.69, 9.17) is 206 Å². The van der Waals surface area contributed by atoms with Crippen LogP contribution in [0.3, 0.4) is 0 Å². The molecule has 0 fully saturated rings. The van der Waals surface area contributed by atoms with Crippen molar-refractivity contribution in [2.24, 2.45) is 0 Å². The van der Waals surface area contributed by atoms with Crippen molar-refractivity contribution >= 4 is 378 Å². The summed E-state index contributed by atoms with van der Waals surface area (Å²) in [5, 5.41) is 0.313. The van der Waals surface area contributed by atoms with Gasteiger partial charge in [0.25, 0.3) is 6.71 Å². The average Bonchev–Trinajstić information content (AvgIpc) is 3.90. The number of benzene rings is 7. The van der Waals surface area contributed by atoms with E-state index in [9.17, 15) is 0 Å². The fourth-order valence-electron chi connectivity index (χ4n) is 11.1. The molecule has 268 valence electrons. The molecule has 0 spiro atoms. The van der Waals surface area contributed by atoms with E-state index in [2.05, 4.69) is 0 Å². The molecule has 0 bridgehead atoms. The Morgan fingerprint density at radius 3 is 1.01 bits per heavy atom. The normalized spacial score (nSPS) is 13.9. The molecule has 29 heteroatoms. The third-order valence-electron chi connectivity index (χ3n) is 14.8. The highest BCUT2D eigenvalue weighted by molar-refractivity contribution is 7.03. The van der Waals surface area contributed by atoms with Crippen LogP contribution in [0, 0.1) is 0 Å². The van der Waals surface area contributed by atoms with E-state index in [1.165, 1.54) is 4.57 Å². The first-order chi connectivity index (χ1) is 33.7. The van der Waals surface area contributed by atoms with Crippen molar-refractivity contribution in [2.45, 2.75) is 5.92 Å². The van der Waals surface area contributed by atoms with Crippen molar-refractivity contribution in [3.05, 3.63) is 16.7 Å². The zero-order chi connectivity index (χ0) is 52.4. The highest BCUT2D eigenvalue weighted by atomic mass is 16.5. The van der Waals surface area contributed by atoms with Crippen LogP contribution in [-0.2, 0) is 0 Å². The molecule has 1 aromatic heterocycles. The van der Waals surface area contributed by atoms with Crippen LogP contribution in [0.2, 0.25) is 0 Å². The van der Waals surface area contributed by atoms with Gasteiger partial charge in [-0.3, -0.25) is 0 Å². The Balaban J connectivity index is 1.38. The summed E-state index contributed by atoms with van der Waals surface area (Å²) < 4.78 is 15.0. The summed E-state index contributed by atoms with van der Waals surface area (Å²) in [6.45, 7) is -1.10. The molecule has 2 aliphatic heterocycles. The number of hydrogen-bond acceptors (Lipinski definition) is 2. The molecular formula is C43HB26NO2. The molecule has 1 aliphatic carbocycles. The van der Waals surface area contributed by atoms with Gasteiger partial charge < -0.3 is 14.0 Å². The van der Waals surface area contributed by atoms with Crippen molar-refractivity contribution < 1.29 is 9.47 Å². The van der Waals surface area contributed by atoms with Crippen molar-refractivity contribution in [1.29, 1.82) is 0 Å². The summed E-state index contributed by atoms with van der Waals surface area (Å²) in [5.74, 6) is -1.65. The predicted octanol–water partition coefficient (Wildman–Crippen LogP) is -21.5. The van der Waals surface area contributed by atoms with Crippen LogP contribution in [-0.4, -0.2) is 207 Å². The van der Waals surface area contributed by atoms with Crippen molar-refractivity contribution in [3.63, 3.8) is 0 Å². The fourth-order valence-corrected chi connectivity index (χ4v) is 11.1. The minimum atomic E-state index is -1.38. The third kappa shape index (κ3) is 5.90. The zero-order valence-corrected chi connectivity index (χ0v) is 37.9. The van der Waals surface area contributed by atoms with E-state index in [-0.39, 0.29) is 231 Å². The molecule has 8 aromatic rings. The lowest BCUT2D eigenvalue weighted by molar-refractivity contribution is 0.473. The van der Waals surface area contributed by atoms with E-state index in [1.54, 1.807) is 0 Å². The molecule has 50 radical (unpaired) electrons. The fraction of sp³-hybridized carbons (Fsp3) is 0.0233. The smallest absolute Gasteiger partial charge is 0.258 e. The summed E-state index contributed by atoms with van der Waals surface area (Å²) in [4.78, 5) is 0.